The molecule has 2 rings (SSSR count). The van der Waals surface area contributed by atoms with Gasteiger partial charge in [-0.05, 0) is 24.3 Å². The first-order chi connectivity index (χ1) is 8.83. The summed E-state index contributed by atoms with van der Waals surface area (Å²) in [7, 11) is 0. The Morgan fingerprint density at radius 3 is 2.72 bits per heavy atom. The Kier molecular flexibility index (Phi) is 4.09. The summed E-state index contributed by atoms with van der Waals surface area (Å²) >= 11 is 0. The van der Waals surface area contributed by atoms with Gasteiger partial charge in [0, 0.05) is 30.1 Å². The predicted octanol–water partition coefficient (Wildman–Crippen LogP) is 2.27. The van der Waals surface area contributed by atoms with Crippen molar-refractivity contribution >= 4 is 0 Å². The highest BCUT2D eigenvalue weighted by Gasteiger charge is 2.01. The van der Waals surface area contributed by atoms with Crippen molar-refractivity contribution in [1.29, 1.82) is 0 Å². The van der Waals surface area contributed by atoms with Gasteiger partial charge in [-0.3, -0.25) is 0 Å². The van der Waals surface area contributed by atoms with Gasteiger partial charge < -0.3 is 15.5 Å². The van der Waals surface area contributed by atoms with Crippen LogP contribution in [0.2, 0.25) is 0 Å². The van der Waals surface area contributed by atoms with Gasteiger partial charge >= 0.3 is 0 Å². The number of rotatable bonds is 5. The summed E-state index contributed by atoms with van der Waals surface area (Å²) in [4.78, 5) is 7.16. The van der Waals surface area contributed by atoms with Crippen LogP contribution in [0, 0.1) is 0 Å². The molecule has 0 saturated heterocycles. The van der Waals surface area contributed by atoms with E-state index in [0.717, 1.165) is 11.4 Å². The maximum atomic E-state index is 12.3. The first kappa shape index (κ1) is 12.3. The molecule has 0 aliphatic heterocycles. The van der Waals surface area contributed by atoms with E-state index < -0.39 is 0 Å². The van der Waals surface area contributed by atoms with Crippen molar-refractivity contribution in [1.82, 2.24) is 9.97 Å². The van der Waals surface area contributed by atoms with Gasteiger partial charge in [0.05, 0.1) is 6.33 Å². The van der Waals surface area contributed by atoms with Gasteiger partial charge in [-0.15, -0.1) is 0 Å². The summed E-state index contributed by atoms with van der Waals surface area (Å²) in [5.74, 6) is 1.46. The van der Waals surface area contributed by atoms with E-state index in [0.29, 0.717) is 17.7 Å². The highest BCUT2D eigenvalue weighted by Crippen LogP contribution is 2.19. The van der Waals surface area contributed by atoms with Crippen LogP contribution in [0.5, 0.6) is 5.75 Å². The Labute approximate surface area is 104 Å². The molecular formula is C13H14FN3O. The summed E-state index contributed by atoms with van der Waals surface area (Å²) in [5.41, 5.74) is 6.72. The molecule has 0 aliphatic rings. The first-order valence-electron chi connectivity index (χ1n) is 5.54. The number of aromatic amines is 1. The van der Waals surface area contributed by atoms with Gasteiger partial charge in [0.1, 0.15) is 18.2 Å². The minimum Gasteiger partial charge on any atom is -0.489 e. The number of nitrogens with zero attached hydrogens (tertiary/aromatic N) is 1. The zero-order valence-electron chi connectivity index (χ0n) is 9.77. The second-order valence-corrected chi connectivity index (χ2v) is 3.72. The molecule has 0 radical (unpaired) electrons. The van der Waals surface area contributed by atoms with Crippen molar-refractivity contribution < 1.29 is 9.13 Å². The molecular weight excluding hydrogens is 233 g/mol. The average Bonchev–Trinajstić information content (AvgIpc) is 2.94. The standard InChI is InChI=1S/C13H14FN3O/c14-7-10(8-15)9-18-12-3-1-11(2-4-12)13-16-5-6-17-13/h1-7H,8-9,15H2,(H,16,17)/b10-7-. The van der Waals surface area contributed by atoms with Gasteiger partial charge in [0.2, 0.25) is 0 Å². The normalized spacial score (nSPS) is 11.6. The topological polar surface area (TPSA) is 63.9 Å². The predicted molar refractivity (Wildman–Crippen MR) is 67.8 cm³/mol. The van der Waals surface area contributed by atoms with Crippen LogP contribution >= 0.6 is 0 Å². The van der Waals surface area contributed by atoms with E-state index in [1.807, 2.05) is 24.3 Å². The molecule has 1 aromatic carbocycles. The SMILES string of the molecule is NC/C(=C/F)COc1ccc(-c2ncc[nH]2)cc1. The number of benzene rings is 1. The fraction of sp³-hybridized carbons (Fsp3) is 0.154. The Morgan fingerprint density at radius 1 is 1.39 bits per heavy atom. The van der Waals surface area contributed by atoms with Crippen LogP contribution in [0.4, 0.5) is 4.39 Å². The van der Waals surface area contributed by atoms with Gasteiger partial charge in [-0.1, -0.05) is 0 Å². The third kappa shape index (κ3) is 2.95. The molecule has 1 aromatic heterocycles. The third-order valence-corrected chi connectivity index (χ3v) is 2.47. The van der Waals surface area contributed by atoms with Gasteiger partial charge in [-0.2, -0.15) is 0 Å². The Morgan fingerprint density at radius 2 is 2.17 bits per heavy atom. The van der Waals surface area contributed by atoms with E-state index in [-0.39, 0.29) is 13.2 Å². The number of ether oxygens (including phenoxy) is 1. The Bertz CT molecular complexity index is 506. The van der Waals surface area contributed by atoms with Crippen LogP contribution in [0.25, 0.3) is 11.4 Å². The number of halogens is 1. The van der Waals surface area contributed by atoms with E-state index in [2.05, 4.69) is 9.97 Å². The highest BCUT2D eigenvalue weighted by atomic mass is 19.1. The lowest BCUT2D eigenvalue weighted by Crippen LogP contribution is -2.10. The minimum absolute atomic E-state index is 0.154. The fourth-order valence-corrected chi connectivity index (χ4v) is 1.44. The first-order valence-corrected chi connectivity index (χ1v) is 5.54. The molecule has 94 valence electrons. The molecule has 3 N–H and O–H groups in total. The Hall–Kier alpha value is -2.14. The summed E-state index contributed by atoms with van der Waals surface area (Å²) < 4.78 is 17.7. The van der Waals surface area contributed by atoms with Crippen molar-refractivity contribution in [3.63, 3.8) is 0 Å². The average molecular weight is 247 g/mol. The number of hydrogen-bond acceptors (Lipinski definition) is 3. The molecule has 4 nitrogen and oxygen atoms in total. The lowest BCUT2D eigenvalue weighted by molar-refractivity contribution is 0.347. The van der Waals surface area contributed by atoms with Crippen molar-refractivity contribution in [2.24, 2.45) is 5.73 Å². The maximum absolute atomic E-state index is 12.3. The van der Waals surface area contributed by atoms with Crippen molar-refractivity contribution in [2.75, 3.05) is 13.2 Å². The van der Waals surface area contributed by atoms with Gasteiger partial charge in [-0.25, -0.2) is 9.37 Å². The van der Waals surface area contributed by atoms with Crippen LogP contribution in [-0.4, -0.2) is 23.1 Å². The summed E-state index contributed by atoms with van der Waals surface area (Å²) in [6.07, 6.45) is 3.94. The van der Waals surface area contributed by atoms with Crippen LogP contribution in [0.3, 0.4) is 0 Å². The number of H-pyrrole nitrogens is 1. The summed E-state index contributed by atoms with van der Waals surface area (Å²) in [6.45, 7) is 0.314. The monoisotopic (exact) mass is 247 g/mol. The zero-order valence-corrected chi connectivity index (χ0v) is 9.77. The molecule has 0 fully saturated rings. The summed E-state index contributed by atoms with van der Waals surface area (Å²) in [5, 5.41) is 0. The molecule has 0 amide bonds. The van der Waals surface area contributed by atoms with E-state index in [1.165, 1.54) is 0 Å². The molecule has 0 unspecified atom stereocenters. The second kappa shape index (κ2) is 5.97. The van der Waals surface area contributed by atoms with Gasteiger partial charge in [0.15, 0.2) is 0 Å². The van der Waals surface area contributed by atoms with Crippen LogP contribution in [-0.2, 0) is 0 Å². The van der Waals surface area contributed by atoms with Crippen LogP contribution in [0.15, 0.2) is 48.6 Å². The number of nitrogens with one attached hydrogen (secondary N) is 1. The molecule has 2 aromatic rings. The van der Waals surface area contributed by atoms with E-state index in [9.17, 15) is 4.39 Å². The number of hydrogen-bond donors (Lipinski definition) is 2. The van der Waals surface area contributed by atoms with Gasteiger partial charge in [0.25, 0.3) is 0 Å². The van der Waals surface area contributed by atoms with Crippen LogP contribution in [0.1, 0.15) is 0 Å². The minimum atomic E-state index is 0.154. The van der Waals surface area contributed by atoms with E-state index in [1.54, 1.807) is 12.4 Å². The molecule has 0 spiro atoms. The lowest BCUT2D eigenvalue weighted by Gasteiger charge is -2.07. The molecule has 0 atom stereocenters. The van der Waals surface area contributed by atoms with E-state index >= 15 is 0 Å². The maximum Gasteiger partial charge on any atom is 0.137 e. The molecule has 0 aliphatic carbocycles. The number of nitrogens with two attached hydrogens (primary N) is 1. The number of imidazole rings is 1. The van der Waals surface area contributed by atoms with Crippen molar-refractivity contribution in [2.45, 2.75) is 0 Å². The molecule has 5 heteroatoms. The summed E-state index contributed by atoms with van der Waals surface area (Å²) in [6, 6.07) is 7.39. The quantitative estimate of drug-likeness (QED) is 0.851. The molecule has 0 bridgehead atoms. The molecule has 0 saturated carbocycles. The van der Waals surface area contributed by atoms with Crippen molar-refractivity contribution in [3.05, 3.63) is 48.6 Å². The highest BCUT2D eigenvalue weighted by molar-refractivity contribution is 5.55. The van der Waals surface area contributed by atoms with Crippen molar-refractivity contribution in [3.8, 4) is 17.1 Å². The molecule has 18 heavy (non-hydrogen) atoms. The molecule has 1 heterocycles. The fourth-order valence-electron chi connectivity index (χ4n) is 1.44. The largest absolute Gasteiger partial charge is 0.489 e. The smallest absolute Gasteiger partial charge is 0.137 e. The zero-order chi connectivity index (χ0) is 12.8. The van der Waals surface area contributed by atoms with E-state index in [4.69, 9.17) is 10.5 Å². The van der Waals surface area contributed by atoms with Crippen LogP contribution < -0.4 is 10.5 Å². The second-order valence-electron chi connectivity index (χ2n) is 3.72. The number of aromatic nitrogens is 2. The Balaban J connectivity index is 2.00. The third-order valence-electron chi connectivity index (χ3n) is 2.47. The lowest BCUT2D eigenvalue weighted by atomic mass is 10.2.